The van der Waals surface area contributed by atoms with Gasteiger partial charge in [0.15, 0.2) is 10.8 Å². The molecule has 6 nitrogen and oxygen atoms in total. The molecule has 2 aromatic heterocycles. The van der Waals surface area contributed by atoms with Gasteiger partial charge in [-0.25, -0.2) is 4.68 Å². The number of anilines is 2. The number of benzene rings is 2. The molecule has 1 aliphatic heterocycles. The number of aromatic nitrogens is 3. The van der Waals surface area contributed by atoms with Crippen molar-refractivity contribution in [3.8, 4) is 5.69 Å². The SMILES string of the molecule is Cc1cccc(C)c1NC(=O)[C@H]1CCCN(c2nc3c(s2)c(C)nn3-c2ccccc2)C1. The Morgan fingerprint density at radius 3 is 2.56 bits per heavy atom. The van der Waals surface area contributed by atoms with Gasteiger partial charge < -0.3 is 10.2 Å². The lowest BCUT2D eigenvalue weighted by molar-refractivity contribution is -0.120. The highest BCUT2D eigenvalue weighted by Crippen LogP contribution is 2.34. The van der Waals surface area contributed by atoms with Crippen molar-refractivity contribution in [1.29, 1.82) is 0 Å². The third kappa shape index (κ3) is 3.77. The van der Waals surface area contributed by atoms with Gasteiger partial charge in [0.2, 0.25) is 5.91 Å². The van der Waals surface area contributed by atoms with E-state index in [0.717, 1.165) is 63.1 Å². The van der Waals surface area contributed by atoms with Gasteiger partial charge in [0, 0.05) is 18.8 Å². The number of nitrogens with zero attached hydrogens (tertiary/aromatic N) is 4. The van der Waals surface area contributed by atoms with Crippen LogP contribution in [0.3, 0.4) is 0 Å². The number of carbonyl (C=O) groups excluding carboxylic acids is 1. The fourth-order valence-corrected chi connectivity index (χ4v) is 5.43. The van der Waals surface area contributed by atoms with Gasteiger partial charge in [-0.2, -0.15) is 10.1 Å². The number of fused-ring (bicyclic) bond motifs is 1. The van der Waals surface area contributed by atoms with E-state index >= 15 is 0 Å². The summed E-state index contributed by atoms with van der Waals surface area (Å²) in [6, 6.07) is 16.2. The van der Waals surface area contributed by atoms with Crippen LogP contribution in [-0.4, -0.2) is 33.8 Å². The Labute approximate surface area is 191 Å². The number of hydrogen-bond donors (Lipinski definition) is 1. The van der Waals surface area contributed by atoms with Crippen LogP contribution in [0.2, 0.25) is 0 Å². The zero-order valence-electron chi connectivity index (χ0n) is 18.6. The third-order valence-corrected chi connectivity index (χ3v) is 7.38. The molecule has 1 N–H and O–H groups in total. The zero-order valence-corrected chi connectivity index (χ0v) is 19.4. The summed E-state index contributed by atoms with van der Waals surface area (Å²) in [7, 11) is 0. The highest BCUT2D eigenvalue weighted by Gasteiger charge is 2.29. The van der Waals surface area contributed by atoms with Crippen LogP contribution in [0.4, 0.5) is 10.8 Å². The van der Waals surface area contributed by atoms with Crippen molar-refractivity contribution in [2.75, 3.05) is 23.3 Å². The van der Waals surface area contributed by atoms with E-state index in [1.165, 1.54) is 0 Å². The van der Waals surface area contributed by atoms with Crippen LogP contribution in [-0.2, 0) is 4.79 Å². The maximum absolute atomic E-state index is 13.1. The van der Waals surface area contributed by atoms with Gasteiger partial charge in [0.1, 0.15) is 0 Å². The highest BCUT2D eigenvalue weighted by atomic mass is 32.1. The van der Waals surface area contributed by atoms with Crippen molar-refractivity contribution in [2.24, 2.45) is 5.92 Å². The topological polar surface area (TPSA) is 63.1 Å². The molecule has 0 radical (unpaired) electrons. The molecule has 32 heavy (non-hydrogen) atoms. The van der Waals surface area contributed by atoms with E-state index in [0.29, 0.717) is 6.54 Å². The molecule has 1 atom stereocenters. The minimum absolute atomic E-state index is 0.0542. The molecule has 0 aliphatic carbocycles. The summed E-state index contributed by atoms with van der Waals surface area (Å²) in [6.45, 7) is 7.71. The second-order valence-corrected chi connectivity index (χ2v) is 9.50. The molecule has 0 saturated carbocycles. The van der Waals surface area contributed by atoms with Crippen LogP contribution in [0.5, 0.6) is 0 Å². The predicted octanol–water partition coefficient (Wildman–Crippen LogP) is 5.26. The summed E-state index contributed by atoms with van der Waals surface area (Å²) in [5.74, 6) is 0.0429. The van der Waals surface area contributed by atoms with Crippen molar-refractivity contribution in [1.82, 2.24) is 14.8 Å². The maximum Gasteiger partial charge on any atom is 0.229 e. The molecule has 1 fully saturated rings. The monoisotopic (exact) mass is 445 g/mol. The average molecular weight is 446 g/mol. The summed E-state index contributed by atoms with van der Waals surface area (Å²) in [6.07, 6.45) is 1.87. The Hall–Kier alpha value is -3.19. The predicted molar refractivity (Wildman–Crippen MR) is 131 cm³/mol. The van der Waals surface area contributed by atoms with E-state index in [9.17, 15) is 4.79 Å². The number of hydrogen-bond acceptors (Lipinski definition) is 5. The average Bonchev–Trinajstić information content (AvgIpc) is 3.38. The molecule has 1 saturated heterocycles. The molecule has 3 heterocycles. The molecule has 0 bridgehead atoms. The first-order chi connectivity index (χ1) is 15.5. The van der Waals surface area contributed by atoms with E-state index in [1.54, 1.807) is 11.3 Å². The van der Waals surface area contributed by atoms with E-state index in [1.807, 2.05) is 74.0 Å². The molecule has 2 aromatic carbocycles. The van der Waals surface area contributed by atoms with Crippen molar-refractivity contribution >= 4 is 38.4 Å². The lowest BCUT2D eigenvalue weighted by Gasteiger charge is -2.32. The van der Waals surface area contributed by atoms with Crippen LogP contribution in [0.1, 0.15) is 29.7 Å². The minimum atomic E-state index is -0.0542. The Bertz CT molecular complexity index is 1260. The van der Waals surface area contributed by atoms with Crippen molar-refractivity contribution in [3.63, 3.8) is 0 Å². The normalized spacial score (nSPS) is 16.5. The lowest BCUT2D eigenvalue weighted by atomic mass is 9.97. The van der Waals surface area contributed by atoms with Crippen LogP contribution in [0, 0.1) is 26.7 Å². The van der Waals surface area contributed by atoms with E-state index < -0.39 is 0 Å². The molecular formula is C25H27N5OS. The van der Waals surface area contributed by atoms with Crippen molar-refractivity contribution in [3.05, 3.63) is 65.4 Å². The number of aryl methyl sites for hydroxylation is 3. The Kier molecular flexibility index (Phi) is 5.43. The first-order valence-corrected chi connectivity index (χ1v) is 11.9. The number of thiazole rings is 1. The number of carbonyl (C=O) groups is 1. The fraction of sp³-hybridized carbons (Fsp3) is 0.320. The smallest absolute Gasteiger partial charge is 0.229 e. The standard InChI is InChI=1S/C25H27N5OS/c1-16-9-7-10-17(2)21(16)26-24(31)19-11-8-14-29(15-19)25-27-23-22(32-25)18(3)28-30(23)20-12-5-4-6-13-20/h4-7,9-10,12-13,19H,8,11,14-15H2,1-3H3,(H,26,31)/t19-/m0/s1. The second kappa shape index (κ2) is 8.39. The van der Waals surface area contributed by atoms with Crippen LogP contribution in [0.15, 0.2) is 48.5 Å². The summed E-state index contributed by atoms with van der Waals surface area (Å²) in [4.78, 5) is 20.3. The van der Waals surface area contributed by atoms with Crippen LogP contribution in [0.25, 0.3) is 16.0 Å². The van der Waals surface area contributed by atoms with Gasteiger partial charge in [-0.3, -0.25) is 4.79 Å². The minimum Gasteiger partial charge on any atom is -0.347 e. The molecule has 1 amide bonds. The molecule has 0 spiro atoms. The lowest BCUT2D eigenvalue weighted by Crippen LogP contribution is -2.40. The quantitative estimate of drug-likeness (QED) is 0.465. The summed E-state index contributed by atoms with van der Waals surface area (Å²) >= 11 is 1.67. The second-order valence-electron chi connectivity index (χ2n) is 8.52. The fourth-order valence-electron chi connectivity index (χ4n) is 4.41. The summed E-state index contributed by atoms with van der Waals surface area (Å²) < 4.78 is 3.02. The van der Waals surface area contributed by atoms with Crippen molar-refractivity contribution < 1.29 is 4.79 Å². The maximum atomic E-state index is 13.1. The molecule has 1 aliphatic rings. The summed E-state index contributed by atoms with van der Waals surface area (Å²) in [5, 5.41) is 8.85. The largest absolute Gasteiger partial charge is 0.347 e. The molecule has 5 rings (SSSR count). The molecule has 164 valence electrons. The van der Waals surface area contributed by atoms with Gasteiger partial charge in [-0.15, -0.1) is 0 Å². The highest BCUT2D eigenvalue weighted by molar-refractivity contribution is 7.22. The first-order valence-electron chi connectivity index (χ1n) is 11.0. The number of amides is 1. The Morgan fingerprint density at radius 1 is 1.06 bits per heavy atom. The molecule has 0 unspecified atom stereocenters. The first kappa shape index (κ1) is 20.7. The van der Waals surface area contributed by atoms with Gasteiger partial charge in [-0.1, -0.05) is 47.7 Å². The Morgan fingerprint density at radius 2 is 1.81 bits per heavy atom. The molecular weight excluding hydrogens is 418 g/mol. The molecule has 7 heteroatoms. The number of rotatable bonds is 4. The van der Waals surface area contributed by atoms with Crippen LogP contribution < -0.4 is 10.2 Å². The summed E-state index contributed by atoms with van der Waals surface area (Å²) in [5.41, 5.74) is 6.00. The van der Waals surface area contributed by atoms with Crippen LogP contribution >= 0.6 is 11.3 Å². The van der Waals surface area contributed by atoms with E-state index in [4.69, 9.17) is 10.1 Å². The zero-order chi connectivity index (χ0) is 22.2. The van der Waals surface area contributed by atoms with Gasteiger partial charge in [0.25, 0.3) is 0 Å². The number of piperidine rings is 1. The number of nitrogens with one attached hydrogen (secondary N) is 1. The van der Waals surface area contributed by atoms with Crippen molar-refractivity contribution in [2.45, 2.75) is 33.6 Å². The van der Waals surface area contributed by atoms with Gasteiger partial charge >= 0.3 is 0 Å². The van der Waals surface area contributed by atoms with E-state index in [2.05, 4.69) is 10.2 Å². The molecule has 4 aromatic rings. The van der Waals surface area contributed by atoms with E-state index in [-0.39, 0.29) is 11.8 Å². The van der Waals surface area contributed by atoms with Gasteiger partial charge in [0.05, 0.1) is 22.0 Å². The number of para-hydroxylation sites is 2. The third-order valence-electron chi connectivity index (χ3n) is 6.17. The Balaban J connectivity index is 1.38. The van der Waals surface area contributed by atoms with Gasteiger partial charge in [-0.05, 0) is 56.9 Å².